The van der Waals surface area contributed by atoms with Gasteiger partial charge in [0.2, 0.25) is 11.8 Å². The Morgan fingerprint density at radius 1 is 1.21 bits per heavy atom. The molecule has 1 N–H and O–H groups in total. The number of carbonyl (C=O) groups excluding carboxylic acids is 2. The Bertz CT molecular complexity index is 817. The minimum atomic E-state index is -0.552. The van der Waals surface area contributed by atoms with E-state index in [2.05, 4.69) is 28.2 Å². The van der Waals surface area contributed by atoms with Crippen molar-refractivity contribution in [1.82, 2.24) is 10.2 Å². The normalized spacial score (nSPS) is 11.7. The van der Waals surface area contributed by atoms with E-state index in [4.69, 9.17) is 11.6 Å². The van der Waals surface area contributed by atoms with Crippen molar-refractivity contribution in [2.45, 2.75) is 44.2 Å². The molecular formula is C22H26BrClN2O2S. The summed E-state index contributed by atoms with van der Waals surface area (Å²) in [5.74, 6) is 0.0451. The third kappa shape index (κ3) is 8.03. The van der Waals surface area contributed by atoms with Gasteiger partial charge in [0.15, 0.2) is 0 Å². The maximum absolute atomic E-state index is 13.0. The molecular weight excluding hydrogens is 472 g/mol. The number of halogens is 2. The molecule has 2 amide bonds. The van der Waals surface area contributed by atoms with Crippen LogP contribution >= 0.6 is 39.3 Å². The fraction of sp³-hybridized carbons (Fsp3) is 0.364. The first kappa shape index (κ1) is 23.8. The summed E-state index contributed by atoms with van der Waals surface area (Å²) in [5, 5.41) is 3.59. The minimum Gasteiger partial charge on any atom is -0.354 e. The molecule has 0 heterocycles. The molecule has 0 fully saturated rings. The summed E-state index contributed by atoms with van der Waals surface area (Å²) < 4.78 is 0.943. The van der Waals surface area contributed by atoms with E-state index >= 15 is 0 Å². The molecule has 0 aliphatic carbocycles. The van der Waals surface area contributed by atoms with Crippen molar-refractivity contribution >= 4 is 51.1 Å². The molecule has 4 nitrogen and oxygen atoms in total. The number of thioether (sulfide) groups is 1. The van der Waals surface area contributed by atoms with Crippen LogP contribution in [0, 0.1) is 0 Å². The maximum atomic E-state index is 13.0. The first-order chi connectivity index (χ1) is 13.9. The van der Waals surface area contributed by atoms with Crippen LogP contribution in [0.5, 0.6) is 0 Å². The number of carbonyl (C=O) groups is 2. The Hall–Kier alpha value is -1.50. The molecule has 2 aromatic carbocycles. The van der Waals surface area contributed by atoms with E-state index in [0.717, 1.165) is 27.8 Å². The third-order valence-corrected chi connectivity index (χ3v) is 6.16. The molecule has 0 bridgehead atoms. The summed E-state index contributed by atoms with van der Waals surface area (Å²) >= 11 is 10.8. The second-order valence-electron chi connectivity index (χ2n) is 6.71. The molecule has 0 unspecified atom stereocenters. The Morgan fingerprint density at radius 2 is 1.93 bits per heavy atom. The molecule has 156 valence electrons. The molecule has 1 atom stereocenters. The molecule has 0 aliphatic heterocycles. The number of nitrogens with one attached hydrogen (secondary N) is 1. The van der Waals surface area contributed by atoms with Gasteiger partial charge in [0.1, 0.15) is 6.04 Å². The van der Waals surface area contributed by atoms with Crippen LogP contribution in [0.4, 0.5) is 0 Å². The predicted molar refractivity (Wildman–Crippen MR) is 124 cm³/mol. The van der Waals surface area contributed by atoms with Crippen molar-refractivity contribution < 1.29 is 9.59 Å². The quantitative estimate of drug-likeness (QED) is 0.347. The van der Waals surface area contributed by atoms with Crippen LogP contribution in [0.15, 0.2) is 57.9 Å². The summed E-state index contributed by atoms with van der Waals surface area (Å²) in [7, 11) is 0. The van der Waals surface area contributed by atoms with Crippen LogP contribution in [0.3, 0.4) is 0 Å². The van der Waals surface area contributed by atoms with Gasteiger partial charge in [0.05, 0.1) is 5.75 Å². The second-order valence-corrected chi connectivity index (χ2v) is 9.12. The summed E-state index contributed by atoms with van der Waals surface area (Å²) in [6.45, 7) is 4.86. The van der Waals surface area contributed by atoms with Gasteiger partial charge >= 0.3 is 0 Å². The van der Waals surface area contributed by atoms with E-state index in [-0.39, 0.29) is 17.6 Å². The predicted octanol–water partition coefficient (Wildman–Crippen LogP) is 5.53. The lowest BCUT2D eigenvalue weighted by Gasteiger charge is -2.29. The molecule has 0 saturated carbocycles. The van der Waals surface area contributed by atoms with Gasteiger partial charge in [-0.15, -0.1) is 11.8 Å². The van der Waals surface area contributed by atoms with Crippen molar-refractivity contribution in [3.05, 3.63) is 63.6 Å². The van der Waals surface area contributed by atoms with Crippen LogP contribution in [0.2, 0.25) is 5.02 Å². The summed E-state index contributed by atoms with van der Waals surface area (Å²) in [6.07, 6.45) is 1.93. The summed E-state index contributed by atoms with van der Waals surface area (Å²) in [6, 6.07) is 14.6. The first-order valence-electron chi connectivity index (χ1n) is 9.60. The van der Waals surface area contributed by atoms with E-state index in [1.54, 1.807) is 24.0 Å². The fourth-order valence-electron chi connectivity index (χ4n) is 2.71. The van der Waals surface area contributed by atoms with Crippen LogP contribution < -0.4 is 5.32 Å². The van der Waals surface area contributed by atoms with Crippen molar-refractivity contribution in [2.24, 2.45) is 0 Å². The van der Waals surface area contributed by atoms with E-state index in [0.29, 0.717) is 18.1 Å². The average Bonchev–Trinajstić information content (AvgIpc) is 2.71. The number of amides is 2. The number of unbranched alkanes of at least 4 members (excludes halogenated alkanes) is 1. The number of hydrogen-bond acceptors (Lipinski definition) is 3. The van der Waals surface area contributed by atoms with Gasteiger partial charge in [-0.1, -0.05) is 53.0 Å². The minimum absolute atomic E-state index is 0.0805. The van der Waals surface area contributed by atoms with Gasteiger partial charge in [-0.2, -0.15) is 0 Å². The van der Waals surface area contributed by atoms with Crippen molar-refractivity contribution in [3.63, 3.8) is 0 Å². The Balaban J connectivity index is 2.10. The average molecular weight is 498 g/mol. The van der Waals surface area contributed by atoms with Crippen LogP contribution in [-0.2, 0) is 16.1 Å². The molecule has 29 heavy (non-hydrogen) atoms. The Labute approximate surface area is 190 Å². The zero-order valence-corrected chi connectivity index (χ0v) is 19.8. The molecule has 0 saturated heterocycles. The van der Waals surface area contributed by atoms with E-state index in [1.807, 2.05) is 36.4 Å². The molecule has 2 aromatic rings. The van der Waals surface area contributed by atoms with E-state index in [1.165, 1.54) is 11.8 Å². The highest BCUT2D eigenvalue weighted by atomic mass is 79.9. The highest BCUT2D eigenvalue weighted by Gasteiger charge is 2.26. The summed E-state index contributed by atoms with van der Waals surface area (Å²) in [5.41, 5.74) is 0.970. The van der Waals surface area contributed by atoms with Crippen molar-refractivity contribution in [3.8, 4) is 0 Å². The molecule has 0 radical (unpaired) electrons. The number of benzene rings is 2. The highest BCUT2D eigenvalue weighted by molar-refractivity contribution is 9.10. The van der Waals surface area contributed by atoms with Gasteiger partial charge in [-0.3, -0.25) is 9.59 Å². The van der Waals surface area contributed by atoms with Crippen LogP contribution in [0.25, 0.3) is 0 Å². The number of nitrogens with zero attached hydrogens (tertiary/aromatic N) is 1. The van der Waals surface area contributed by atoms with Crippen molar-refractivity contribution in [1.29, 1.82) is 0 Å². The second kappa shape index (κ2) is 12.3. The van der Waals surface area contributed by atoms with E-state index < -0.39 is 6.04 Å². The van der Waals surface area contributed by atoms with Gasteiger partial charge in [0, 0.05) is 27.5 Å². The number of hydrogen-bond donors (Lipinski definition) is 1. The number of rotatable bonds is 10. The standard InChI is InChI=1S/C22H26BrClN2O2S/c1-3-4-12-25-22(28)16(2)26(14-17-6-5-7-18(23)13-17)21(27)15-29-20-10-8-19(24)9-11-20/h5-11,13,16H,3-4,12,14-15H2,1-2H3,(H,25,28)/t16-/m0/s1. The van der Waals surface area contributed by atoms with E-state index in [9.17, 15) is 9.59 Å². The highest BCUT2D eigenvalue weighted by Crippen LogP contribution is 2.22. The van der Waals surface area contributed by atoms with Crippen LogP contribution in [0.1, 0.15) is 32.3 Å². The van der Waals surface area contributed by atoms with Gasteiger partial charge in [0.25, 0.3) is 0 Å². The Morgan fingerprint density at radius 3 is 2.59 bits per heavy atom. The fourth-order valence-corrected chi connectivity index (χ4v) is 4.07. The zero-order valence-electron chi connectivity index (χ0n) is 16.7. The largest absolute Gasteiger partial charge is 0.354 e. The molecule has 2 rings (SSSR count). The topological polar surface area (TPSA) is 49.4 Å². The molecule has 7 heteroatoms. The lowest BCUT2D eigenvalue weighted by Crippen LogP contribution is -2.48. The monoisotopic (exact) mass is 496 g/mol. The first-order valence-corrected chi connectivity index (χ1v) is 11.8. The lowest BCUT2D eigenvalue weighted by atomic mass is 10.1. The molecule has 0 spiro atoms. The van der Waals surface area contributed by atoms with Gasteiger partial charge in [-0.25, -0.2) is 0 Å². The van der Waals surface area contributed by atoms with Gasteiger partial charge in [-0.05, 0) is 55.3 Å². The third-order valence-electron chi connectivity index (χ3n) is 4.41. The van der Waals surface area contributed by atoms with Crippen molar-refractivity contribution in [2.75, 3.05) is 12.3 Å². The SMILES string of the molecule is CCCCNC(=O)[C@H](C)N(Cc1cccc(Br)c1)C(=O)CSc1ccc(Cl)cc1. The molecule has 0 aromatic heterocycles. The summed E-state index contributed by atoms with van der Waals surface area (Å²) in [4.78, 5) is 28.2. The smallest absolute Gasteiger partial charge is 0.242 e. The van der Waals surface area contributed by atoms with Crippen LogP contribution in [-0.4, -0.2) is 35.1 Å². The molecule has 0 aliphatic rings. The lowest BCUT2D eigenvalue weighted by molar-refractivity contribution is -0.138. The zero-order chi connectivity index (χ0) is 21.2. The maximum Gasteiger partial charge on any atom is 0.242 e. The Kier molecular flexibility index (Phi) is 10.0. The van der Waals surface area contributed by atoms with Gasteiger partial charge < -0.3 is 10.2 Å².